The summed E-state index contributed by atoms with van der Waals surface area (Å²) in [5.74, 6) is -0.497. The predicted octanol–water partition coefficient (Wildman–Crippen LogP) is 3.26. The van der Waals surface area contributed by atoms with Gasteiger partial charge >= 0.3 is 0 Å². The smallest absolute Gasteiger partial charge is 0.262 e. The second-order valence-corrected chi connectivity index (χ2v) is 8.45. The Bertz CT molecular complexity index is 1110. The van der Waals surface area contributed by atoms with Gasteiger partial charge in [-0.2, -0.15) is 0 Å². The van der Waals surface area contributed by atoms with Crippen molar-refractivity contribution in [1.29, 1.82) is 0 Å². The highest BCUT2D eigenvalue weighted by atomic mass is 35.5. The molecule has 6 nitrogen and oxygen atoms in total. The average molecular weight is 428 g/mol. The summed E-state index contributed by atoms with van der Waals surface area (Å²) < 4.78 is 20.1. The lowest BCUT2D eigenvalue weighted by molar-refractivity contribution is -0.139. The van der Waals surface area contributed by atoms with Crippen molar-refractivity contribution < 1.29 is 18.7 Å². The Morgan fingerprint density at radius 2 is 2.03 bits per heavy atom. The fraction of sp³-hybridized carbons (Fsp3) is 0.318. The number of hydrogen-bond donors (Lipinski definition) is 1. The minimum Gasteiger partial charge on any atom is -0.490 e. The highest BCUT2D eigenvalue weighted by Crippen LogP contribution is 2.53. The van der Waals surface area contributed by atoms with Gasteiger partial charge in [-0.05, 0) is 47.9 Å². The summed E-state index contributed by atoms with van der Waals surface area (Å²) in [4.78, 5) is 31.7. The third-order valence-electron chi connectivity index (χ3n) is 6.27. The molecule has 0 bridgehead atoms. The maximum Gasteiger partial charge on any atom is 0.262 e. The topological polar surface area (TPSA) is 85.0 Å². The van der Waals surface area contributed by atoms with Crippen LogP contribution in [0.15, 0.2) is 41.4 Å². The number of guanidine groups is 1. The number of fused-ring (bicyclic) bond motifs is 4. The number of benzene rings is 2. The number of amides is 1. The Morgan fingerprint density at radius 3 is 2.73 bits per heavy atom. The van der Waals surface area contributed by atoms with E-state index in [1.807, 2.05) is 0 Å². The van der Waals surface area contributed by atoms with Gasteiger partial charge in [0, 0.05) is 36.4 Å². The van der Waals surface area contributed by atoms with Gasteiger partial charge in [-0.15, -0.1) is 0 Å². The Hall–Kier alpha value is -2.93. The molecule has 3 aliphatic rings. The first-order valence-corrected chi connectivity index (χ1v) is 10.1. The molecule has 2 heterocycles. The second-order valence-electron chi connectivity index (χ2n) is 8.01. The number of ketones is 1. The van der Waals surface area contributed by atoms with Crippen LogP contribution in [-0.2, 0) is 15.1 Å². The molecule has 0 radical (unpaired) electrons. The summed E-state index contributed by atoms with van der Waals surface area (Å²) in [6, 6.07) is 9.57. The lowest BCUT2D eigenvalue weighted by atomic mass is 9.67. The molecule has 1 saturated carbocycles. The van der Waals surface area contributed by atoms with Gasteiger partial charge in [0.05, 0.1) is 0 Å². The number of aliphatic imine (C=N–C) groups is 1. The molecule has 0 aromatic heterocycles. The van der Waals surface area contributed by atoms with E-state index < -0.39 is 17.3 Å². The molecule has 5 rings (SSSR count). The number of halogens is 2. The molecule has 1 spiro atoms. The first kappa shape index (κ1) is 19.1. The van der Waals surface area contributed by atoms with E-state index in [0.29, 0.717) is 35.3 Å². The normalized spacial score (nSPS) is 27.6. The van der Waals surface area contributed by atoms with Crippen LogP contribution in [0, 0.1) is 11.7 Å². The van der Waals surface area contributed by atoms with E-state index in [0.717, 1.165) is 0 Å². The lowest BCUT2D eigenvalue weighted by Crippen LogP contribution is -2.54. The first-order chi connectivity index (χ1) is 14.3. The Balaban J connectivity index is 1.73. The Morgan fingerprint density at radius 1 is 1.23 bits per heavy atom. The summed E-state index contributed by atoms with van der Waals surface area (Å²) in [7, 11) is 1.57. The van der Waals surface area contributed by atoms with Crippen LogP contribution in [0.25, 0.3) is 11.1 Å². The molecular formula is C22H19ClFN3O3. The van der Waals surface area contributed by atoms with Gasteiger partial charge < -0.3 is 10.5 Å². The minimum absolute atomic E-state index is 0.0758. The molecule has 0 saturated heterocycles. The van der Waals surface area contributed by atoms with Crippen LogP contribution in [0.2, 0.25) is 5.02 Å². The van der Waals surface area contributed by atoms with Crippen molar-refractivity contribution in [3.05, 3.63) is 52.8 Å². The van der Waals surface area contributed by atoms with Crippen LogP contribution in [-0.4, -0.2) is 35.7 Å². The van der Waals surface area contributed by atoms with Crippen molar-refractivity contribution in [2.24, 2.45) is 16.6 Å². The number of Topliss-reactive ketones (excluding diaryl/α,β-unsaturated/α-hetero) is 1. The van der Waals surface area contributed by atoms with E-state index >= 15 is 0 Å². The molecule has 8 heteroatoms. The van der Waals surface area contributed by atoms with Crippen LogP contribution >= 0.6 is 11.6 Å². The minimum atomic E-state index is -1.33. The SMILES string of the molecule is CN1C(=O)C2(N=C1N)c1cc(-c3cc(F)cc(Cl)c3)ccc1OC1CCC(=O)C[C@H]12. The summed E-state index contributed by atoms with van der Waals surface area (Å²) in [6.45, 7) is 0. The Labute approximate surface area is 177 Å². The van der Waals surface area contributed by atoms with Crippen molar-refractivity contribution in [1.82, 2.24) is 4.90 Å². The zero-order chi connectivity index (χ0) is 21.2. The van der Waals surface area contributed by atoms with Crippen LogP contribution < -0.4 is 10.5 Å². The number of carbonyl (C=O) groups is 2. The molecule has 2 aliphatic heterocycles. The number of rotatable bonds is 1. The third kappa shape index (κ3) is 2.65. The van der Waals surface area contributed by atoms with E-state index in [1.54, 1.807) is 31.3 Å². The second kappa shape index (κ2) is 6.54. The van der Waals surface area contributed by atoms with Crippen LogP contribution in [0.4, 0.5) is 4.39 Å². The highest BCUT2D eigenvalue weighted by Gasteiger charge is 2.61. The summed E-state index contributed by atoms with van der Waals surface area (Å²) in [6.07, 6.45) is 0.821. The summed E-state index contributed by atoms with van der Waals surface area (Å²) in [5.41, 5.74) is 6.47. The number of carbonyl (C=O) groups excluding carboxylic acids is 2. The fourth-order valence-corrected chi connectivity index (χ4v) is 5.04. The van der Waals surface area contributed by atoms with Crippen molar-refractivity contribution >= 4 is 29.3 Å². The van der Waals surface area contributed by atoms with E-state index in [4.69, 9.17) is 22.1 Å². The third-order valence-corrected chi connectivity index (χ3v) is 6.49. The molecule has 154 valence electrons. The van der Waals surface area contributed by atoms with E-state index in [2.05, 4.69) is 4.99 Å². The van der Waals surface area contributed by atoms with Gasteiger partial charge in [0.2, 0.25) is 0 Å². The largest absolute Gasteiger partial charge is 0.490 e. The number of ether oxygens (including phenoxy) is 1. The van der Waals surface area contributed by atoms with Crippen molar-refractivity contribution in [2.45, 2.75) is 30.9 Å². The van der Waals surface area contributed by atoms with Gasteiger partial charge in [0.15, 0.2) is 11.5 Å². The zero-order valence-electron chi connectivity index (χ0n) is 16.2. The molecule has 2 N–H and O–H groups in total. The highest BCUT2D eigenvalue weighted by molar-refractivity contribution is 6.30. The van der Waals surface area contributed by atoms with E-state index in [-0.39, 0.29) is 35.2 Å². The average Bonchev–Trinajstić information content (AvgIpc) is 2.93. The van der Waals surface area contributed by atoms with Crippen molar-refractivity contribution in [3.8, 4) is 16.9 Å². The molecule has 2 aromatic rings. The zero-order valence-corrected chi connectivity index (χ0v) is 16.9. The molecular weight excluding hydrogens is 409 g/mol. The molecule has 1 amide bonds. The Kier molecular flexibility index (Phi) is 4.15. The molecule has 30 heavy (non-hydrogen) atoms. The van der Waals surface area contributed by atoms with Gasteiger partial charge in [-0.3, -0.25) is 14.5 Å². The van der Waals surface area contributed by atoms with Gasteiger partial charge in [0.1, 0.15) is 23.5 Å². The molecule has 2 unspecified atom stereocenters. The van der Waals surface area contributed by atoms with Crippen molar-refractivity contribution in [2.75, 3.05) is 7.05 Å². The predicted molar refractivity (Wildman–Crippen MR) is 110 cm³/mol. The number of hydrogen-bond acceptors (Lipinski definition) is 5. The first-order valence-electron chi connectivity index (χ1n) is 9.72. The maximum absolute atomic E-state index is 13.9. The standard InChI is InChI=1S/C22H19ClFN3O3/c1-27-20(29)22(26-21(27)25)16-8-11(12-6-13(23)9-14(24)7-12)2-4-18(16)30-19-5-3-15(28)10-17(19)22/h2,4,6-9,17,19H,3,5,10H2,1H3,(H2,25,26)/t17-,19?,22?/m1/s1. The van der Waals surface area contributed by atoms with E-state index in [9.17, 15) is 14.0 Å². The molecule has 1 aliphatic carbocycles. The number of likely N-dealkylation sites (N-methyl/N-ethyl adjacent to an activating group) is 1. The lowest BCUT2D eigenvalue weighted by Gasteiger charge is -2.45. The molecule has 3 atom stereocenters. The van der Waals surface area contributed by atoms with Gasteiger partial charge in [-0.1, -0.05) is 17.7 Å². The maximum atomic E-state index is 13.9. The van der Waals surface area contributed by atoms with E-state index in [1.165, 1.54) is 17.0 Å². The number of nitrogens with zero attached hydrogens (tertiary/aromatic N) is 2. The summed E-state index contributed by atoms with van der Waals surface area (Å²) in [5, 5.41) is 0.269. The monoisotopic (exact) mass is 427 g/mol. The van der Waals surface area contributed by atoms with Crippen LogP contribution in [0.5, 0.6) is 5.75 Å². The van der Waals surface area contributed by atoms with Crippen LogP contribution in [0.1, 0.15) is 24.8 Å². The van der Waals surface area contributed by atoms with Gasteiger partial charge in [-0.25, -0.2) is 9.38 Å². The number of nitrogens with two attached hydrogens (primary N) is 1. The van der Waals surface area contributed by atoms with Gasteiger partial charge in [0.25, 0.3) is 5.91 Å². The van der Waals surface area contributed by atoms with Crippen molar-refractivity contribution in [3.63, 3.8) is 0 Å². The quantitative estimate of drug-likeness (QED) is 0.757. The fourth-order valence-electron chi connectivity index (χ4n) is 4.81. The van der Waals surface area contributed by atoms with Crippen LogP contribution in [0.3, 0.4) is 0 Å². The molecule has 1 fully saturated rings. The molecule has 2 aromatic carbocycles. The summed E-state index contributed by atoms with van der Waals surface area (Å²) >= 11 is 6.03.